The lowest BCUT2D eigenvalue weighted by Gasteiger charge is -2.31. The molecule has 12 heteroatoms. The van der Waals surface area contributed by atoms with Crippen LogP contribution in [0.5, 0.6) is 11.6 Å². The van der Waals surface area contributed by atoms with Crippen LogP contribution in [0.2, 0.25) is 0 Å². The number of carbonyl (C=O) groups excluding carboxylic acids is 1. The van der Waals surface area contributed by atoms with Crippen LogP contribution in [-0.2, 0) is 0 Å². The Kier molecular flexibility index (Phi) is 7.06. The Morgan fingerprint density at radius 2 is 1.89 bits per heavy atom. The van der Waals surface area contributed by atoms with Gasteiger partial charge in [0.05, 0.1) is 18.2 Å². The largest absolute Gasteiger partial charge is 0.495 e. The summed E-state index contributed by atoms with van der Waals surface area (Å²) in [5, 5.41) is 3.98. The number of oxazole rings is 1. The van der Waals surface area contributed by atoms with Crippen molar-refractivity contribution >= 4 is 39.7 Å². The van der Waals surface area contributed by atoms with Crippen molar-refractivity contribution in [2.24, 2.45) is 0 Å². The lowest BCUT2D eigenvalue weighted by atomic mass is 10.1. The van der Waals surface area contributed by atoms with Gasteiger partial charge in [-0.3, -0.25) is 4.79 Å². The normalized spacial score (nSPS) is 17.0. The van der Waals surface area contributed by atoms with E-state index >= 15 is 0 Å². The van der Waals surface area contributed by atoms with E-state index in [0.717, 1.165) is 47.7 Å². The second-order valence-corrected chi connectivity index (χ2v) is 11.4. The SMILES string of the molecule is COc1cc(C(=O)N2CCC(F)(F)CC2)ccc1Nc1nc(OC2CCCC2)c2c(-c3ccc4nc(C)oc4c3)c[nH]c2n1. The molecule has 0 spiro atoms. The average molecular weight is 603 g/mol. The van der Waals surface area contributed by atoms with Gasteiger partial charge in [0.25, 0.3) is 11.8 Å². The Labute approximate surface area is 251 Å². The number of nitrogens with zero attached hydrogens (tertiary/aromatic N) is 4. The lowest BCUT2D eigenvalue weighted by molar-refractivity contribution is -0.0494. The first-order valence-corrected chi connectivity index (χ1v) is 14.8. The Bertz CT molecular complexity index is 1850. The van der Waals surface area contributed by atoms with Gasteiger partial charge in [-0.1, -0.05) is 6.07 Å². The summed E-state index contributed by atoms with van der Waals surface area (Å²) in [6, 6.07) is 10.8. The number of anilines is 2. The second kappa shape index (κ2) is 11.1. The van der Waals surface area contributed by atoms with Gasteiger partial charge in [0.1, 0.15) is 23.0 Å². The van der Waals surface area contributed by atoms with E-state index < -0.39 is 5.92 Å². The number of hydrogen-bond donors (Lipinski definition) is 2. The summed E-state index contributed by atoms with van der Waals surface area (Å²) < 4.78 is 45.1. The number of piperidine rings is 1. The van der Waals surface area contributed by atoms with Crippen molar-refractivity contribution in [3.63, 3.8) is 0 Å². The summed E-state index contributed by atoms with van der Waals surface area (Å²) >= 11 is 0. The quantitative estimate of drug-likeness (QED) is 0.204. The number of H-pyrrole nitrogens is 1. The fourth-order valence-corrected chi connectivity index (χ4v) is 6.01. The fourth-order valence-electron chi connectivity index (χ4n) is 6.01. The Morgan fingerprint density at radius 3 is 2.66 bits per heavy atom. The van der Waals surface area contributed by atoms with Gasteiger partial charge in [0.15, 0.2) is 11.5 Å². The zero-order valence-electron chi connectivity index (χ0n) is 24.5. The van der Waals surface area contributed by atoms with Gasteiger partial charge in [0.2, 0.25) is 11.8 Å². The number of carbonyl (C=O) groups is 1. The molecule has 0 atom stereocenters. The maximum absolute atomic E-state index is 13.6. The highest BCUT2D eigenvalue weighted by Gasteiger charge is 2.36. The van der Waals surface area contributed by atoms with E-state index in [1.165, 1.54) is 12.0 Å². The molecule has 7 rings (SSSR count). The van der Waals surface area contributed by atoms with Gasteiger partial charge in [-0.05, 0) is 61.6 Å². The van der Waals surface area contributed by atoms with Gasteiger partial charge in [0, 0.05) is 50.2 Å². The van der Waals surface area contributed by atoms with Gasteiger partial charge in [-0.2, -0.15) is 9.97 Å². The Morgan fingerprint density at radius 1 is 1.09 bits per heavy atom. The van der Waals surface area contributed by atoms with Crippen LogP contribution in [0.25, 0.3) is 33.3 Å². The summed E-state index contributed by atoms with van der Waals surface area (Å²) in [5.74, 6) is -1.30. The molecule has 1 amide bonds. The minimum Gasteiger partial charge on any atom is -0.495 e. The van der Waals surface area contributed by atoms with Gasteiger partial charge < -0.3 is 29.1 Å². The zero-order chi connectivity index (χ0) is 30.4. The molecule has 3 aromatic heterocycles. The van der Waals surface area contributed by atoms with Gasteiger partial charge in [-0.15, -0.1) is 0 Å². The number of alkyl halides is 2. The van der Waals surface area contributed by atoms with Crippen LogP contribution < -0.4 is 14.8 Å². The molecule has 2 aliphatic rings. The molecule has 10 nitrogen and oxygen atoms in total. The molecular weight excluding hydrogens is 570 g/mol. The maximum atomic E-state index is 13.6. The van der Waals surface area contributed by atoms with E-state index in [0.29, 0.717) is 40.0 Å². The average Bonchev–Trinajstić information content (AvgIpc) is 3.76. The van der Waals surface area contributed by atoms with E-state index in [1.54, 1.807) is 18.2 Å². The van der Waals surface area contributed by atoms with Gasteiger partial charge in [-0.25, -0.2) is 13.8 Å². The lowest BCUT2D eigenvalue weighted by Crippen LogP contribution is -2.42. The van der Waals surface area contributed by atoms with Crippen LogP contribution in [0.1, 0.15) is 54.8 Å². The summed E-state index contributed by atoms with van der Waals surface area (Å²) in [6.45, 7) is 1.84. The van der Waals surface area contributed by atoms with E-state index in [9.17, 15) is 13.6 Å². The third-order valence-electron chi connectivity index (χ3n) is 8.36. The molecule has 1 saturated carbocycles. The molecule has 5 aromatic rings. The van der Waals surface area contributed by atoms with E-state index in [2.05, 4.69) is 15.3 Å². The molecule has 4 heterocycles. The smallest absolute Gasteiger partial charge is 0.253 e. The number of aromatic nitrogens is 4. The molecule has 2 aromatic carbocycles. The van der Waals surface area contributed by atoms with E-state index in [-0.39, 0.29) is 43.9 Å². The van der Waals surface area contributed by atoms with E-state index in [1.807, 2.05) is 31.3 Å². The van der Waals surface area contributed by atoms with Crippen molar-refractivity contribution in [1.82, 2.24) is 24.8 Å². The van der Waals surface area contributed by atoms with Crippen molar-refractivity contribution < 1.29 is 27.5 Å². The number of amides is 1. The first-order valence-electron chi connectivity index (χ1n) is 14.8. The van der Waals surface area contributed by atoms with Gasteiger partial charge >= 0.3 is 0 Å². The van der Waals surface area contributed by atoms with Crippen LogP contribution in [0.15, 0.2) is 47.0 Å². The third kappa shape index (κ3) is 5.40. The standard InChI is InChI=1S/C32H32F2N6O4/c1-18-36-24-9-7-19(15-26(24)43-18)22-17-35-28-27(22)29(44-21-5-3-4-6-21)39-31(38-28)37-23-10-8-20(16-25(23)42-2)30(41)40-13-11-32(33,34)12-14-40/h7-10,15-17,21H,3-6,11-14H2,1-2H3,(H2,35,37,38,39). The summed E-state index contributed by atoms with van der Waals surface area (Å²) in [6.07, 6.45) is 5.38. The van der Waals surface area contributed by atoms with Crippen LogP contribution >= 0.6 is 0 Å². The zero-order valence-corrected chi connectivity index (χ0v) is 24.5. The summed E-state index contributed by atoms with van der Waals surface area (Å²) in [5.41, 5.74) is 4.76. The number of hydrogen-bond acceptors (Lipinski definition) is 8. The molecular formula is C32H32F2N6O4. The number of likely N-dealkylation sites (tertiary alicyclic amines) is 1. The highest BCUT2D eigenvalue weighted by Crippen LogP contribution is 2.38. The highest BCUT2D eigenvalue weighted by atomic mass is 19.3. The van der Waals surface area contributed by atoms with E-state index in [4.69, 9.17) is 23.9 Å². The van der Waals surface area contributed by atoms with Crippen molar-refractivity contribution in [2.45, 2.75) is 57.5 Å². The molecule has 0 unspecified atom stereocenters. The molecule has 0 bridgehead atoms. The number of halogens is 2. The first kappa shape index (κ1) is 28.1. The fraction of sp³-hybridized carbons (Fsp3) is 0.375. The molecule has 228 valence electrons. The Balaban J connectivity index is 1.21. The Hall–Kier alpha value is -4.74. The van der Waals surface area contributed by atoms with Crippen molar-refractivity contribution in [1.29, 1.82) is 0 Å². The molecule has 1 saturated heterocycles. The predicted octanol–water partition coefficient (Wildman–Crippen LogP) is 7.02. The number of rotatable bonds is 7. The number of ether oxygens (including phenoxy) is 2. The molecule has 1 aliphatic heterocycles. The summed E-state index contributed by atoms with van der Waals surface area (Å²) in [4.78, 5) is 31.7. The maximum Gasteiger partial charge on any atom is 0.253 e. The van der Waals surface area contributed by atoms with Crippen molar-refractivity contribution in [2.75, 3.05) is 25.5 Å². The number of methoxy groups -OCH3 is 1. The number of aryl methyl sites for hydroxylation is 1. The van der Waals surface area contributed by atoms with Crippen LogP contribution in [0.3, 0.4) is 0 Å². The number of aromatic amines is 1. The third-order valence-corrected chi connectivity index (χ3v) is 8.36. The second-order valence-electron chi connectivity index (χ2n) is 11.4. The number of nitrogens with one attached hydrogen (secondary N) is 2. The minimum atomic E-state index is -2.73. The minimum absolute atomic E-state index is 0.00973. The molecule has 2 N–H and O–H groups in total. The molecule has 0 radical (unpaired) electrons. The van der Waals surface area contributed by atoms with Crippen molar-refractivity contribution in [3.05, 3.63) is 54.0 Å². The number of fused-ring (bicyclic) bond motifs is 2. The number of benzene rings is 2. The molecule has 1 aliphatic carbocycles. The summed E-state index contributed by atoms with van der Waals surface area (Å²) in [7, 11) is 1.50. The van der Waals surface area contributed by atoms with Crippen molar-refractivity contribution in [3.8, 4) is 22.8 Å². The highest BCUT2D eigenvalue weighted by molar-refractivity contribution is 5.99. The first-order chi connectivity index (χ1) is 21.3. The molecule has 44 heavy (non-hydrogen) atoms. The van der Waals surface area contributed by atoms with Crippen LogP contribution in [0.4, 0.5) is 20.4 Å². The topological polar surface area (TPSA) is 118 Å². The van der Waals surface area contributed by atoms with Crippen LogP contribution in [0, 0.1) is 6.92 Å². The predicted molar refractivity (Wildman–Crippen MR) is 161 cm³/mol. The molecule has 2 fully saturated rings. The monoisotopic (exact) mass is 602 g/mol. The van der Waals surface area contributed by atoms with Crippen LogP contribution in [-0.4, -0.2) is 63.0 Å².